The van der Waals surface area contributed by atoms with Crippen LogP contribution in [0.3, 0.4) is 0 Å². The Hall–Kier alpha value is -0.360. The van der Waals surface area contributed by atoms with Crippen LogP contribution in [-0.2, 0) is 4.79 Å². The van der Waals surface area contributed by atoms with Gasteiger partial charge in [-0.2, -0.15) is 0 Å². The molecule has 0 aliphatic carbocycles. The lowest BCUT2D eigenvalue weighted by molar-refractivity contribution is -0.140. The molecule has 3 heteroatoms. The Balaban J connectivity index is 3.63. The van der Waals surface area contributed by atoms with Crippen molar-refractivity contribution in [2.45, 2.75) is 6.92 Å². The third kappa shape index (κ3) is 4.16. The van der Waals surface area contributed by atoms with Crippen molar-refractivity contribution in [3.63, 3.8) is 0 Å². The highest BCUT2D eigenvalue weighted by atomic mass is 31.1. The van der Waals surface area contributed by atoms with E-state index in [1.54, 1.807) is 6.92 Å². The third-order valence-electron chi connectivity index (χ3n) is 1.01. The van der Waals surface area contributed by atoms with Gasteiger partial charge in [-0.25, -0.2) is 0 Å². The van der Waals surface area contributed by atoms with Gasteiger partial charge in [0.2, 0.25) is 0 Å². The van der Waals surface area contributed by atoms with Crippen LogP contribution >= 0.6 is 7.55 Å². The van der Waals surface area contributed by atoms with Gasteiger partial charge in [0.15, 0.2) is 0 Å². The van der Waals surface area contributed by atoms with E-state index in [4.69, 9.17) is 5.11 Å². The fourth-order valence-electron chi connectivity index (χ4n) is 0.546. The SMILES string of the molecule is C=[P+](C)CC(C)C(=O)O. The summed E-state index contributed by atoms with van der Waals surface area (Å²) in [7, 11) is -0.303. The lowest BCUT2D eigenvalue weighted by atomic mass is 10.2. The summed E-state index contributed by atoms with van der Waals surface area (Å²) in [4.78, 5) is 10.2. The molecule has 0 aliphatic heterocycles. The monoisotopic (exact) mass is 147 g/mol. The number of carbonyl (C=O) groups is 1. The van der Waals surface area contributed by atoms with Crippen molar-refractivity contribution < 1.29 is 9.90 Å². The smallest absolute Gasteiger partial charge is 0.310 e. The van der Waals surface area contributed by atoms with E-state index in [1.165, 1.54) is 0 Å². The van der Waals surface area contributed by atoms with Gasteiger partial charge in [-0.05, 0) is 6.92 Å². The first-order valence-corrected chi connectivity index (χ1v) is 4.94. The molecular formula is C6H12O2P+. The molecular weight excluding hydrogens is 135 g/mol. The second kappa shape index (κ2) is 3.62. The van der Waals surface area contributed by atoms with Gasteiger partial charge in [-0.3, -0.25) is 4.79 Å². The average molecular weight is 147 g/mol. The summed E-state index contributed by atoms with van der Waals surface area (Å²) in [6.45, 7) is 3.70. The van der Waals surface area contributed by atoms with Crippen molar-refractivity contribution in [3.8, 4) is 0 Å². The maximum absolute atomic E-state index is 10.2. The number of carboxylic acid groups (broad SMARTS) is 1. The van der Waals surface area contributed by atoms with Gasteiger partial charge >= 0.3 is 5.97 Å². The van der Waals surface area contributed by atoms with E-state index in [0.717, 1.165) is 6.16 Å². The molecule has 52 valence electrons. The van der Waals surface area contributed by atoms with Gasteiger partial charge in [0.1, 0.15) is 6.16 Å². The minimum Gasteiger partial charge on any atom is -0.481 e. The zero-order valence-electron chi connectivity index (χ0n) is 5.79. The summed E-state index contributed by atoms with van der Waals surface area (Å²) in [5.41, 5.74) is 0. The molecule has 0 heterocycles. The average Bonchev–Trinajstić information content (AvgIpc) is 1.63. The van der Waals surface area contributed by atoms with Gasteiger partial charge in [-0.15, -0.1) is 0 Å². The van der Waals surface area contributed by atoms with Crippen LogP contribution in [0.1, 0.15) is 6.92 Å². The topological polar surface area (TPSA) is 37.3 Å². The van der Waals surface area contributed by atoms with Crippen molar-refractivity contribution in [1.29, 1.82) is 0 Å². The second-order valence-electron chi connectivity index (χ2n) is 2.28. The van der Waals surface area contributed by atoms with E-state index in [2.05, 4.69) is 6.30 Å². The molecule has 0 aliphatic rings. The molecule has 1 N–H and O–H groups in total. The summed E-state index contributed by atoms with van der Waals surface area (Å²) in [5, 5.41) is 8.41. The molecule has 0 saturated heterocycles. The molecule has 0 amide bonds. The molecule has 0 radical (unpaired) electrons. The molecule has 0 rings (SSSR count). The van der Waals surface area contributed by atoms with E-state index in [-0.39, 0.29) is 13.5 Å². The second-order valence-corrected chi connectivity index (χ2v) is 4.36. The maximum atomic E-state index is 10.2. The van der Waals surface area contributed by atoms with Crippen molar-refractivity contribution >= 4 is 19.8 Å². The quantitative estimate of drug-likeness (QED) is 0.610. The highest BCUT2D eigenvalue weighted by Gasteiger charge is 2.15. The van der Waals surface area contributed by atoms with E-state index < -0.39 is 5.97 Å². The van der Waals surface area contributed by atoms with Crippen LogP contribution < -0.4 is 0 Å². The highest BCUT2D eigenvalue weighted by Crippen LogP contribution is 2.17. The van der Waals surface area contributed by atoms with Crippen LogP contribution in [0.25, 0.3) is 0 Å². The zero-order valence-corrected chi connectivity index (χ0v) is 6.69. The molecule has 0 saturated carbocycles. The minimum absolute atomic E-state index is 0.224. The Labute approximate surface area is 56.3 Å². The lowest BCUT2D eigenvalue weighted by Crippen LogP contribution is -2.11. The van der Waals surface area contributed by atoms with Crippen LogP contribution in [0, 0.1) is 5.92 Å². The van der Waals surface area contributed by atoms with Gasteiger partial charge in [-0.1, -0.05) is 0 Å². The number of aliphatic carboxylic acids is 1. The van der Waals surface area contributed by atoms with Gasteiger partial charge in [0, 0.05) is 0 Å². The van der Waals surface area contributed by atoms with E-state index >= 15 is 0 Å². The largest absolute Gasteiger partial charge is 0.481 e. The predicted octanol–water partition coefficient (Wildman–Crippen LogP) is 1.25. The van der Waals surface area contributed by atoms with Crippen LogP contribution in [-0.4, -0.2) is 30.2 Å². The number of carboxylic acids is 1. The summed E-state index contributed by atoms with van der Waals surface area (Å²) >= 11 is 0. The van der Waals surface area contributed by atoms with Crippen molar-refractivity contribution in [1.82, 2.24) is 0 Å². The normalized spacial score (nSPS) is 14.7. The zero-order chi connectivity index (χ0) is 7.44. The van der Waals surface area contributed by atoms with Crippen LogP contribution in [0.2, 0.25) is 0 Å². The Morgan fingerprint density at radius 2 is 2.33 bits per heavy atom. The predicted molar refractivity (Wildman–Crippen MR) is 41.6 cm³/mol. The highest BCUT2D eigenvalue weighted by molar-refractivity contribution is 7.55. The molecule has 2 atom stereocenters. The summed E-state index contributed by atoms with van der Waals surface area (Å²) < 4.78 is 0. The summed E-state index contributed by atoms with van der Waals surface area (Å²) in [6, 6.07) is 0. The summed E-state index contributed by atoms with van der Waals surface area (Å²) in [6.07, 6.45) is 4.49. The first-order chi connectivity index (χ1) is 4.04. The molecule has 2 nitrogen and oxygen atoms in total. The van der Waals surface area contributed by atoms with E-state index in [9.17, 15) is 4.79 Å². The van der Waals surface area contributed by atoms with E-state index in [0.29, 0.717) is 0 Å². The van der Waals surface area contributed by atoms with Crippen molar-refractivity contribution in [2.24, 2.45) is 5.92 Å². The molecule has 0 aromatic rings. The standard InChI is InChI=1S/C6H11O2P/c1-5(6(7)8)4-9(2)3/h5H,2,4H2,1,3H3/p+1. The molecule has 0 fully saturated rings. The van der Waals surface area contributed by atoms with Gasteiger partial charge in [0.05, 0.1) is 26.4 Å². The van der Waals surface area contributed by atoms with Gasteiger partial charge in [0.25, 0.3) is 0 Å². The Morgan fingerprint density at radius 3 is 2.44 bits per heavy atom. The van der Waals surface area contributed by atoms with Crippen LogP contribution in [0.15, 0.2) is 0 Å². The number of hydrogen-bond donors (Lipinski definition) is 1. The minimum atomic E-state index is -0.715. The molecule has 0 aromatic heterocycles. The third-order valence-corrected chi connectivity index (χ3v) is 2.18. The number of hydrogen-bond acceptors (Lipinski definition) is 1. The number of rotatable bonds is 3. The van der Waals surface area contributed by atoms with Gasteiger partial charge < -0.3 is 5.11 Å². The molecule has 9 heavy (non-hydrogen) atoms. The maximum Gasteiger partial charge on any atom is 0.310 e. The molecule has 0 spiro atoms. The van der Waals surface area contributed by atoms with Crippen LogP contribution in [0.5, 0.6) is 0 Å². The lowest BCUT2D eigenvalue weighted by Gasteiger charge is -1.96. The molecule has 2 unspecified atom stereocenters. The Kier molecular flexibility index (Phi) is 3.48. The summed E-state index contributed by atoms with van der Waals surface area (Å²) in [5.74, 6) is -0.938. The fourth-order valence-corrected chi connectivity index (χ4v) is 1.64. The Bertz CT molecular complexity index is 131. The van der Waals surface area contributed by atoms with Crippen LogP contribution in [0.4, 0.5) is 0 Å². The molecule has 0 aromatic carbocycles. The fraction of sp³-hybridized carbons (Fsp3) is 0.667. The first kappa shape index (κ1) is 8.64. The molecule has 0 bridgehead atoms. The first-order valence-electron chi connectivity index (χ1n) is 2.78. The Morgan fingerprint density at radius 1 is 1.89 bits per heavy atom. The van der Waals surface area contributed by atoms with E-state index in [1.807, 2.05) is 6.66 Å². The van der Waals surface area contributed by atoms with Crippen molar-refractivity contribution in [3.05, 3.63) is 0 Å². The van der Waals surface area contributed by atoms with Crippen molar-refractivity contribution in [2.75, 3.05) is 12.8 Å².